The number of esters is 1. The van der Waals surface area contributed by atoms with Gasteiger partial charge in [0.15, 0.2) is 5.17 Å². The van der Waals surface area contributed by atoms with Crippen molar-refractivity contribution in [3.8, 4) is 0 Å². The fourth-order valence-corrected chi connectivity index (χ4v) is 3.80. The standard InChI is InChI=1S/C18H18N2O3S/c1-11-15(17(22)23-3)14(10-9-13-7-5-4-6-8-13)20-16(21)12(2)24-18(20)19-11/h4-10,12,14H,1-3H3/b10-9+/t12-,14+/m0/s1. The molecule has 2 heterocycles. The maximum atomic E-state index is 12.5. The van der Waals surface area contributed by atoms with E-state index in [0.717, 1.165) is 5.56 Å². The maximum absolute atomic E-state index is 12.5. The number of benzene rings is 1. The van der Waals surface area contributed by atoms with Gasteiger partial charge in [0.05, 0.1) is 29.7 Å². The molecule has 1 aromatic rings. The van der Waals surface area contributed by atoms with Crippen LogP contribution >= 0.6 is 11.8 Å². The Labute approximate surface area is 145 Å². The van der Waals surface area contributed by atoms with Crippen LogP contribution in [-0.4, -0.2) is 40.3 Å². The fourth-order valence-electron chi connectivity index (χ4n) is 2.77. The fraction of sp³-hybridized carbons (Fsp3) is 0.278. The molecule has 124 valence electrons. The first kappa shape index (κ1) is 16.5. The predicted octanol–water partition coefficient (Wildman–Crippen LogP) is 2.85. The summed E-state index contributed by atoms with van der Waals surface area (Å²) in [6, 6.07) is 9.24. The zero-order valence-electron chi connectivity index (χ0n) is 13.7. The van der Waals surface area contributed by atoms with E-state index in [4.69, 9.17) is 4.74 Å². The summed E-state index contributed by atoms with van der Waals surface area (Å²) in [7, 11) is 1.34. The first-order chi connectivity index (χ1) is 11.5. The molecular weight excluding hydrogens is 324 g/mol. The molecule has 0 unspecified atom stereocenters. The summed E-state index contributed by atoms with van der Waals surface area (Å²) in [5.41, 5.74) is 1.98. The van der Waals surface area contributed by atoms with E-state index in [9.17, 15) is 9.59 Å². The van der Waals surface area contributed by atoms with Crippen LogP contribution in [0.2, 0.25) is 0 Å². The van der Waals surface area contributed by atoms with Gasteiger partial charge < -0.3 is 4.74 Å². The van der Waals surface area contributed by atoms with E-state index in [1.165, 1.54) is 18.9 Å². The van der Waals surface area contributed by atoms with Crippen molar-refractivity contribution in [1.82, 2.24) is 4.90 Å². The summed E-state index contributed by atoms with van der Waals surface area (Å²) in [5.74, 6) is -0.509. The SMILES string of the molecule is COC(=O)C1=C(C)N=C2S[C@@H](C)C(=O)N2[C@@H]1/C=C/c1ccccc1. The van der Waals surface area contributed by atoms with Crippen LogP contribution in [0, 0.1) is 0 Å². The lowest BCUT2D eigenvalue weighted by Gasteiger charge is -2.30. The molecule has 0 N–H and O–H groups in total. The van der Waals surface area contributed by atoms with Crippen LogP contribution in [0.3, 0.4) is 0 Å². The largest absolute Gasteiger partial charge is 0.466 e. The third-order valence-corrected chi connectivity index (χ3v) is 5.03. The molecule has 6 heteroatoms. The number of amides is 1. The predicted molar refractivity (Wildman–Crippen MR) is 95.3 cm³/mol. The molecule has 0 bridgehead atoms. The minimum absolute atomic E-state index is 0.0460. The molecule has 1 saturated heterocycles. The van der Waals surface area contributed by atoms with Gasteiger partial charge in [-0.25, -0.2) is 9.79 Å². The normalized spacial score (nSPS) is 23.5. The third kappa shape index (κ3) is 2.89. The number of thioether (sulfide) groups is 1. The van der Waals surface area contributed by atoms with Gasteiger partial charge in [0.2, 0.25) is 5.91 Å². The van der Waals surface area contributed by atoms with Gasteiger partial charge in [0.1, 0.15) is 0 Å². The number of carbonyl (C=O) groups excluding carboxylic acids is 2. The second-order valence-corrected chi connectivity index (χ2v) is 6.88. The summed E-state index contributed by atoms with van der Waals surface area (Å²) in [6.45, 7) is 3.62. The van der Waals surface area contributed by atoms with Crippen molar-refractivity contribution in [2.45, 2.75) is 25.1 Å². The summed E-state index contributed by atoms with van der Waals surface area (Å²) in [6.07, 6.45) is 3.76. The minimum Gasteiger partial charge on any atom is -0.466 e. The van der Waals surface area contributed by atoms with E-state index in [0.29, 0.717) is 16.4 Å². The number of hydrogen-bond acceptors (Lipinski definition) is 5. The topological polar surface area (TPSA) is 59.0 Å². The second kappa shape index (κ2) is 6.65. The lowest BCUT2D eigenvalue weighted by molar-refractivity contribution is -0.137. The van der Waals surface area contributed by atoms with Crippen LogP contribution < -0.4 is 0 Å². The molecule has 1 aromatic carbocycles. The quantitative estimate of drug-likeness (QED) is 0.793. The zero-order valence-corrected chi connectivity index (χ0v) is 14.5. The molecule has 1 amide bonds. The van der Waals surface area contributed by atoms with E-state index in [1.54, 1.807) is 11.8 Å². The smallest absolute Gasteiger partial charge is 0.338 e. The van der Waals surface area contributed by atoms with E-state index in [-0.39, 0.29) is 11.2 Å². The lowest BCUT2D eigenvalue weighted by Crippen LogP contribution is -2.44. The summed E-state index contributed by atoms with van der Waals surface area (Å²) < 4.78 is 4.91. The number of amidine groups is 1. The Morgan fingerprint density at radius 3 is 2.71 bits per heavy atom. The van der Waals surface area contributed by atoms with Crippen molar-refractivity contribution in [3.63, 3.8) is 0 Å². The minimum atomic E-state index is -0.505. The van der Waals surface area contributed by atoms with Gasteiger partial charge in [-0.1, -0.05) is 54.2 Å². The first-order valence-electron chi connectivity index (χ1n) is 7.63. The van der Waals surface area contributed by atoms with Gasteiger partial charge in [-0.05, 0) is 19.4 Å². The number of nitrogens with zero attached hydrogens (tertiary/aromatic N) is 2. The highest BCUT2D eigenvalue weighted by atomic mass is 32.2. The van der Waals surface area contributed by atoms with E-state index >= 15 is 0 Å². The monoisotopic (exact) mass is 342 g/mol. The van der Waals surface area contributed by atoms with Crippen LogP contribution in [-0.2, 0) is 14.3 Å². The van der Waals surface area contributed by atoms with Crippen molar-refractivity contribution < 1.29 is 14.3 Å². The van der Waals surface area contributed by atoms with Gasteiger partial charge in [-0.15, -0.1) is 0 Å². The number of methoxy groups -OCH3 is 1. The molecule has 3 rings (SSSR count). The van der Waals surface area contributed by atoms with Gasteiger partial charge in [-0.2, -0.15) is 0 Å². The number of ether oxygens (including phenoxy) is 1. The molecule has 0 radical (unpaired) electrons. The molecule has 0 saturated carbocycles. The lowest BCUT2D eigenvalue weighted by atomic mass is 10.0. The van der Waals surface area contributed by atoms with Crippen molar-refractivity contribution in [2.75, 3.05) is 7.11 Å². The van der Waals surface area contributed by atoms with Gasteiger partial charge in [-0.3, -0.25) is 9.69 Å². The Kier molecular flexibility index (Phi) is 4.57. The summed E-state index contributed by atoms with van der Waals surface area (Å²) >= 11 is 1.41. The van der Waals surface area contributed by atoms with Crippen molar-refractivity contribution in [2.24, 2.45) is 4.99 Å². The van der Waals surface area contributed by atoms with Gasteiger partial charge >= 0.3 is 5.97 Å². The Morgan fingerprint density at radius 2 is 2.04 bits per heavy atom. The average molecular weight is 342 g/mol. The van der Waals surface area contributed by atoms with Crippen molar-refractivity contribution in [1.29, 1.82) is 0 Å². The number of carbonyl (C=O) groups is 2. The third-order valence-electron chi connectivity index (χ3n) is 3.98. The van der Waals surface area contributed by atoms with Crippen LogP contribution in [0.4, 0.5) is 0 Å². The first-order valence-corrected chi connectivity index (χ1v) is 8.51. The maximum Gasteiger partial charge on any atom is 0.338 e. The van der Waals surface area contributed by atoms with Crippen LogP contribution in [0.25, 0.3) is 6.08 Å². The summed E-state index contributed by atoms with van der Waals surface area (Å²) in [5, 5.41) is 0.432. The Morgan fingerprint density at radius 1 is 1.33 bits per heavy atom. The highest BCUT2D eigenvalue weighted by Gasteiger charge is 2.44. The number of rotatable bonds is 3. The average Bonchev–Trinajstić information content (AvgIpc) is 2.86. The van der Waals surface area contributed by atoms with Crippen molar-refractivity contribution in [3.05, 3.63) is 53.2 Å². The second-order valence-electron chi connectivity index (χ2n) is 5.57. The molecule has 2 atom stereocenters. The molecule has 0 spiro atoms. The van der Waals surface area contributed by atoms with Crippen LogP contribution in [0.5, 0.6) is 0 Å². The van der Waals surface area contributed by atoms with E-state index in [1.807, 2.05) is 49.4 Å². The van der Waals surface area contributed by atoms with Crippen LogP contribution in [0.15, 0.2) is 52.7 Å². The molecule has 2 aliphatic heterocycles. The zero-order chi connectivity index (χ0) is 17.3. The highest BCUT2D eigenvalue weighted by molar-refractivity contribution is 8.15. The number of allylic oxidation sites excluding steroid dienone is 1. The van der Waals surface area contributed by atoms with Gasteiger partial charge in [0.25, 0.3) is 0 Å². The number of fused-ring (bicyclic) bond motifs is 1. The molecule has 0 aliphatic carbocycles. The molecular formula is C18H18N2O3S. The van der Waals surface area contributed by atoms with E-state index in [2.05, 4.69) is 4.99 Å². The number of hydrogen-bond donors (Lipinski definition) is 0. The Bertz CT molecular complexity index is 768. The van der Waals surface area contributed by atoms with Gasteiger partial charge in [0, 0.05) is 0 Å². The van der Waals surface area contributed by atoms with Crippen LogP contribution in [0.1, 0.15) is 19.4 Å². The molecule has 2 aliphatic rings. The molecule has 5 nitrogen and oxygen atoms in total. The Hall–Kier alpha value is -2.34. The molecule has 24 heavy (non-hydrogen) atoms. The number of aliphatic imine (C=N–C) groups is 1. The van der Waals surface area contributed by atoms with Crippen molar-refractivity contribution >= 4 is 34.9 Å². The molecule has 0 aromatic heterocycles. The summed E-state index contributed by atoms with van der Waals surface area (Å²) in [4.78, 5) is 30.8. The molecule has 1 fully saturated rings. The van der Waals surface area contributed by atoms with E-state index < -0.39 is 12.0 Å². The Balaban J connectivity index is 2.03. The highest BCUT2D eigenvalue weighted by Crippen LogP contribution is 2.36.